The van der Waals surface area contributed by atoms with Gasteiger partial charge in [0.05, 0.1) is 0 Å². The number of hydrogen-bond acceptors (Lipinski definition) is 2. The molecule has 2 nitrogen and oxygen atoms in total. The molecule has 0 aromatic carbocycles. The van der Waals surface area contributed by atoms with Gasteiger partial charge in [0.15, 0.2) is 0 Å². The molecular weight excluding hydrogens is 180 g/mol. The summed E-state index contributed by atoms with van der Waals surface area (Å²) in [6.45, 7) is 4.16. The van der Waals surface area contributed by atoms with Gasteiger partial charge in [0, 0.05) is 20.1 Å². The van der Waals surface area contributed by atoms with E-state index >= 15 is 0 Å². The molecule has 0 saturated heterocycles. The summed E-state index contributed by atoms with van der Waals surface area (Å²) in [5.41, 5.74) is 0. The molecule has 0 heterocycles. The van der Waals surface area contributed by atoms with Crippen LogP contribution in [-0.2, 0) is 8.85 Å². The number of alkyl halides is 1. The van der Waals surface area contributed by atoms with Crippen molar-refractivity contribution < 1.29 is 8.85 Å². The molecule has 68 valence electrons. The molecule has 0 saturated carbocycles. The fraction of sp³-hybridized carbons (Fsp3) is 1.00. The highest BCUT2D eigenvalue weighted by molar-refractivity contribution is 6.66. The predicted molar refractivity (Wildman–Crippen MR) is 50.3 cm³/mol. The summed E-state index contributed by atoms with van der Waals surface area (Å²) < 4.78 is 10.6. The molecular formula is C7H17ClO2Si. The highest BCUT2D eigenvalue weighted by Crippen LogP contribution is 2.18. The van der Waals surface area contributed by atoms with Gasteiger partial charge < -0.3 is 8.85 Å². The van der Waals surface area contributed by atoms with E-state index in [2.05, 4.69) is 13.5 Å². The highest BCUT2D eigenvalue weighted by Gasteiger charge is 2.30. The molecule has 0 N–H and O–H groups in total. The molecule has 0 bridgehead atoms. The van der Waals surface area contributed by atoms with Gasteiger partial charge in [-0.25, -0.2) is 0 Å². The van der Waals surface area contributed by atoms with Crippen molar-refractivity contribution in [2.75, 3.05) is 20.1 Å². The van der Waals surface area contributed by atoms with Crippen LogP contribution in [0.25, 0.3) is 0 Å². The summed E-state index contributed by atoms with van der Waals surface area (Å²) in [6.07, 6.45) is 0. The van der Waals surface area contributed by atoms with Gasteiger partial charge in [0.1, 0.15) is 0 Å². The molecule has 0 aromatic heterocycles. The summed E-state index contributed by atoms with van der Waals surface area (Å²) in [4.78, 5) is 0. The molecule has 1 atom stereocenters. The first-order valence-corrected chi connectivity index (χ1v) is 6.80. The van der Waals surface area contributed by atoms with E-state index in [1.54, 1.807) is 14.2 Å². The standard InChI is InChI=1S/C7H17ClO2Si/c1-7(5-8)6-11(4,9-2)10-3/h7H,5-6H2,1-4H3/t7-/m0/s1. The van der Waals surface area contributed by atoms with Gasteiger partial charge in [-0.05, 0) is 18.5 Å². The quantitative estimate of drug-likeness (QED) is 0.496. The molecule has 0 aliphatic rings. The fourth-order valence-electron chi connectivity index (χ4n) is 0.938. The Kier molecular flexibility index (Phi) is 5.34. The van der Waals surface area contributed by atoms with Gasteiger partial charge in [-0.15, -0.1) is 11.6 Å². The van der Waals surface area contributed by atoms with Crippen LogP contribution in [0.15, 0.2) is 0 Å². The molecule has 11 heavy (non-hydrogen) atoms. The zero-order valence-electron chi connectivity index (χ0n) is 7.69. The van der Waals surface area contributed by atoms with E-state index in [0.29, 0.717) is 11.8 Å². The summed E-state index contributed by atoms with van der Waals surface area (Å²) >= 11 is 5.68. The Bertz CT molecular complexity index is 107. The largest absolute Gasteiger partial charge is 0.398 e. The van der Waals surface area contributed by atoms with E-state index in [0.717, 1.165) is 6.04 Å². The van der Waals surface area contributed by atoms with Crippen LogP contribution in [0.5, 0.6) is 0 Å². The zero-order valence-corrected chi connectivity index (χ0v) is 9.44. The Hall–Kier alpha value is 0.427. The van der Waals surface area contributed by atoms with E-state index in [9.17, 15) is 0 Å². The minimum Gasteiger partial charge on any atom is -0.398 e. The van der Waals surface area contributed by atoms with Gasteiger partial charge in [0.25, 0.3) is 0 Å². The van der Waals surface area contributed by atoms with Crippen molar-refractivity contribution in [3.63, 3.8) is 0 Å². The van der Waals surface area contributed by atoms with Crippen molar-refractivity contribution in [3.8, 4) is 0 Å². The second-order valence-electron chi connectivity index (χ2n) is 3.01. The van der Waals surface area contributed by atoms with Crippen LogP contribution in [-0.4, -0.2) is 28.7 Å². The van der Waals surface area contributed by atoms with Crippen molar-refractivity contribution in [2.45, 2.75) is 19.5 Å². The summed E-state index contributed by atoms with van der Waals surface area (Å²) in [5, 5.41) is 0. The Labute approximate surface area is 75.1 Å². The molecule has 0 amide bonds. The second kappa shape index (κ2) is 5.14. The molecule has 0 aliphatic carbocycles. The molecule has 0 aliphatic heterocycles. The SMILES string of the molecule is CO[Si](C)(C[C@@H](C)CCl)OC. The van der Waals surface area contributed by atoms with Crippen LogP contribution in [0, 0.1) is 5.92 Å². The smallest absolute Gasteiger partial charge is 0.334 e. The van der Waals surface area contributed by atoms with Gasteiger partial charge in [-0.3, -0.25) is 0 Å². The van der Waals surface area contributed by atoms with Gasteiger partial charge in [-0.2, -0.15) is 0 Å². The maximum Gasteiger partial charge on any atom is 0.334 e. The Morgan fingerprint density at radius 2 is 1.82 bits per heavy atom. The molecule has 0 aromatic rings. The van der Waals surface area contributed by atoms with Crippen molar-refractivity contribution in [1.82, 2.24) is 0 Å². The molecule has 4 heteroatoms. The lowest BCUT2D eigenvalue weighted by atomic mass is 10.3. The predicted octanol–water partition coefficient (Wildman–Crippen LogP) is 2.23. The minimum atomic E-state index is -1.87. The molecule has 0 unspecified atom stereocenters. The van der Waals surface area contributed by atoms with Crippen LogP contribution in [0.2, 0.25) is 12.6 Å². The number of rotatable bonds is 5. The first kappa shape index (κ1) is 11.4. The average molecular weight is 197 g/mol. The average Bonchev–Trinajstić information content (AvgIpc) is 2.04. The first-order chi connectivity index (χ1) is 5.08. The van der Waals surface area contributed by atoms with Crippen LogP contribution in [0.4, 0.5) is 0 Å². The van der Waals surface area contributed by atoms with Crippen molar-refractivity contribution in [3.05, 3.63) is 0 Å². The van der Waals surface area contributed by atoms with E-state index < -0.39 is 8.56 Å². The lowest BCUT2D eigenvalue weighted by molar-refractivity contribution is 0.244. The Balaban J connectivity index is 3.86. The topological polar surface area (TPSA) is 18.5 Å². The van der Waals surface area contributed by atoms with Crippen LogP contribution < -0.4 is 0 Å². The first-order valence-electron chi connectivity index (χ1n) is 3.74. The zero-order chi connectivity index (χ0) is 8.91. The summed E-state index contributed by atoms with van der Waals surface area (Å²) in [7, 11) is 1.54. The molecule has 0 spiro atoms. The van der Waals surface area contributed by atoms with Crippen LogP contribution in [0.3, 0.4) is 0 Å². The van der Waals surface area contributed by atoms with Gasteiger partial charge in [0.2, 0.25) is 0 Å². The normalized spacial score (nSPS) is 15.0. The van der Waals surface area contributed by atoms with Gasteiger partial charge >= 0.3 is 8.56 Å². The highest BCUT2D eigenvalue weighted by atomic mass is 35.5. The van der Waals surface area contributed by atoms with Crippen molar-refractivity contribution in [1.29, 1.82) is 0 Å². The third-order valence-electron chi connectivity index (χ3n) is 1.85. The Morgan fingerprint density at radius 3 is 2.09 bits per heavy atom. The summed E-state index contributed by atoms with van der Waals surface area (Å²) in [5.74, 6) is 1.16. The third kappa shape index (κ3) is 4.11. The van der Waals surface area contributed by atoms with Crippen molar-refractivity contribution >= 4 is 20.2 Å². The Morgan fingerprint density at radius 1 is 1.36 bits per heavy atom. The van der Waals surface area contributed by atoms with Crippen molar-refractivity contribution in [2.24, 2.45) is 5.92 Å². The molecule has 0 rings (SSSR count). The lowest BCUT2D eigenvalue weighted by Crippen LogP contribution is -2.38. The van der Waals surface area contributed by atoms with E-state index in [4.69, 9.17) is 20.5 Å². The van der Waals surface area contributed by atoms with Crippen LogP contribution >= 0.6 is 11.6 Å². The summed E-state index contributed by atoms with van der Waals surface area (Å²) in [6, 6.07) is 0.962. The van der Waals surface area contributed by atoms with Crippen LogP contribution in [0.1, 0.15) is 6.92 Å². The van der Waals surface area contributed by atoms with E-state index in [-0.39, 0.29) is 0 Å². The minimum absolute atomic E-state index is 0.480. The van der Waals surface area contributed by atoms with Gasteiger partial charge in [-0.1, -0.05) is 6.92 Å². The maximum absolute atomic E-state index is 5.68. The monoisotopic (exact) mass is 196 g/mol. The van der Waals surface area contributed by atoms with E-state index in [1.807, 2.05) is 0 Å². The third-order valence-corrected chi connectivity index (χ3v) is 5.54. The maximum atomic E-state index is 5.68. The fourth-order valence-corrected chi connectivity index (χ4v) is 3.14. The molecule has 0 radical (unpaired) electrons. The second-order valence-corrected chi connectivity index (χ2v) is 6.81. The lowest BCUT2D eigenvalue weighted by Gasteiger charge is -2.24. The number of hydrogen-bond donors (Lipinski definition) is 0. The van der Waals surface area contributed by atoms with E-state index in [1.165, 1.54) is 0 Å². The number of halogens is 1. The molecule has 0 fully saturated rings.